The van der Waals surface area contributed by atoms with Crippen molar-refractivity contribution in [2.45, 2.75) is 13.8 Å². The number of carbonyl (C=O) groups excluding carboxylic acids is 3. The van der Waals surface area contributed by atoms with Gasteiger partial charge < -0.3 is 19.5 Å². The Morgan fingerprint density at radius 3 is 2.07 bits per heavy atom. The lowest BCUT2D eigenvalue weighted by molar-refractivity contribution is -0.118. The summed E-state index contributed by atoms with van der Waals surface area (Å²) in [6.07, 6.45) is 0. The number of benzene rings is 2. The predicted octanol–water partition coefficient (Wildman–Crippen LogP) is 3.20. The van der Waals surface area contributed by atoms with Gasteiger partial charge in [0.1, 0.15) is 11.6 Å². The molecule has 0 aliphatic carbocycles. The van der Waals surface area contributed by atoms with Crippen LogP contribution in [0, 0.1) is 5.82 Å². The molecule has 0 saturated carbocycles. The number of ether oxygens (including phenoxy) is 3. The average Bonchev–Trinajstić information content (AvgIpc) is 2.66. The van der Waals surface area contributed by atoms with Crippen molar-refractivity contribution in [1.29, 1.82) is 0 Å². The summed E-state index contributed by atoms with van der Waals surface area (Å²) in [4.78, 5) is 36.0. The van der Waals surface area contributed by atoms with Crippen LogP contribution in [0.5, 0.6) is 5.75 Å². The molecule has 0 aliphatic heterocycles. The Hall–Kier alpha value is -3.42. The topological polar surface area (TPSA) is 90.9 Å². The molecule has 1 N–H and O–H groups in total. The number of rotatable bonds is 8. The second-order valence-electron chi connectivity index (χ2n) is 5.53. The molecule has 0 bridgehead atoms. The van der Waals surface area contributed by atoms with E-state index in [0.717, 1.165) is 6.07 Å². The van der Waals surface area contributed by atoms with Crippen LogP contribution in [0.3, 0.4) is 0 Å². The molecule has 0 aromatic heterocycles. The molecule has 0 unspecified atom stereocenters. The fraction of sp³-hybridized carbons (Fsp3) is 0.250. The summed E-state index contributed by atoms with van der Waals surface area (Å²) in [5.74, 6) is -2.18. The van der Waals surface area contributed by atoms with Gasteiger partial charge in [0.15, 0.2) is 6.61 Å². The van der Waals surface area contributed by atoms with Gasteiger partial charge in [-0.25, -0.2) is 14.0 Å². The molecule has 148 valence electrons. The van der Waals surface area contributed by atoms with Crippen molar-refractivity contribution in [2.24, 2.45) is 0 Å². The lowest BCUT2D eigenvalue weighted by Crippen LogP contribution is -2.20. The Morgan fingerprint density at radius 2 is 1.54 bits per heavy atom. The molecular formula is C20H20FNO6. The van der Waals surface area contributed by atoms with Crippen molar-refractivity contribution in [2.75, 3.05) is 25.1 Å². The highest BCUT2D eigenvalue weighted by molar-refractivity contribution is 5.96. The van der Waals surface area contributed by atoms with Crippen LogP contribution in [-0.2, 0) is 14.3 Å². The van der Waals surface area contributed by atoms with Crippen LogP contribution in [0.4, 0.5) is 10.1 Å². The van der Waals surface area contributed by atoms with Crippen molar-refractivity contribution in [3.63, 3.8) is 0 Å². The molecular weight excluding hydrogens is 369 g/mol. The van der Waals surface area contributed by atoms with Crippen molar-refractivity contribution in [1.82, 2.24) is 0 Å². The van der Waals surface area contributed by atoms with E-state index in [2.05, 4.69) is 5.32 Å². The van der Waals surface area contributed by atoms with Gasteiger partial charge in [0.05, 0.1) is 24.3 Å². The summed E-state index contributed by atoms with van der Waals surface area (Å²) in [6.45, 7) is 3.22. The summed E-state index contributed by atoms with van der Waals surface area (Å²) in [5, 5.41) is 2.48. The zero-order valence-corrected chi connectivity index (χ0v) is 15.5. The van der Waals surface area contributed by atoms with Gasteiger partial charge in [-0.15, -0.1) is 0 Å². The highest BCUT2D eigenvalue weighted by Crippen LogP contribution is 2.19. The first kappa shape index (κ1) is 20.9. The number of carbonyl (C=O) groups is 3. The van der Waals surface area contributed by atoms with Crippen LogP contribution in [0.15, 0.2) is 42.5 Å². The zero-order chi connectivity index (χ0) is 20.5. The number of halogens is 1. The van der Waals surface area contributed by atoms with E-state index >= 15 is 0 Å². The maximum absolute atomic E-state index is 13.2. The normalized spacial score (nSPS) is 10.1. The molecule has 0 aliphatic rings. The number of esters is 2. The molecule has 0 fully saturated rings. The van der Waals surface area contributed by atoms with Gasteiger partial charge in [-0.05, 0) is 50.2 Å². The first-order valence-electron chi connectivity index (χ1n) is 8.60. The van der Waals surface area contributed by atoms with Gasteiger partial charge >= 0.3 is 11.9 Å². The predicted molar refractivity (Wildman–Crippen MR) is 98.9 cm³/mol. The minimum atomic E-state index is -0.636. The Bertz CT molecular complexity index is 831. The molecule has 0 spiro atoms. The highest BCUT2D eigenvalue weighted by Gasteiger charge is 2.16. The first-order valence-corrected chi connectivity index (χ1v) is 8.60. The Labute approximate surface area is 161 Å². The molecule has 28 heavy (non-hydrogen) atoms. The van der Waals surface area contributed by atoms with Crippen LogP contribution in [0.2, 0.25) is 0 Å². The Balaban J connectivity index is 2.12. The summed E-state index contributed by atoms with van der Waals surface area (Å²) in [6, 6.07) is 9.45. The highest BCUT2D eigenvalue weighted by atomic mass is 19.1. The molecule has 7 nitrogen and oxygen atoms in total. The number of anilines is 1. The number of amides is 1. The van der Waals surface area contributed by atoms with E-state index in [1.165, 1.54) is 36.4 Å². The van der Waals surface area contributed by atoms with E-state index in [-0.39, 0.29) is 35.8 Å². The largest absolute Gasteiger partial charge is 0.484 e. The Kier molecular flexibility index (Phi) is 7.50. The molecule has 2 rings (SSSR count). The molecule has 2 aromatic rings. The van der Waals surface area contributed by atoms with E-state index in [1.807, 2.05) is 0 Å². The number of nitrogens with one attached hydrogen (secondary N) is 1. The fourth-order valence-electron chi connectivity index (χ4n) is 2.26. The standard InChI is InChI=1S/C20H20FNO6/c1-3-26-19(24)13-8-14(20(25)27-4-2)10-17(9-13)28-12-18(23)22-16-7-5-6-15(21)11-16/h5-11H,3-4,12H2,1-2H3,(H,22,23). The van der Waals surface area contributed by atoms with Crippen molar-refractivity contribution in [3.8, 4) is 5.75 Å². The van der Waals surface area contributed by atoms with E-state index in [0.29, 0.717) is 0 Å². The summed E-state index contributed by atoms with van der Waals surface area (Å²) in [5.41, 5.74) is 0.460. The lowest BCUT2D eigenvalue weighted by Gasteiger charge is -2.11. The Morgan fingerprint density at radius 1 is 0.929 bits per heavy atom. The summed E-state index contributed by atoms with van der Waals surface area (Å²) >= 11 is 0. The van der Waals surface area contributed by atoms with Crippen LogP contribution in [0.1, 0.15) is 34.6 Å². The molecule has 0 radical (unpaired) electrons. The van der Waals surface area contributed by atoms with Crippen LogP contribution in [0.25, 0.3) is 0 Å². The third-order valence-corrected chi connectivity index (χ3v) is 3.41. The zero-order valence-electron chi connectivity index (χ0n) is 15.5. The van der Waals surface area contributed by atoms with E-state index in [9.17, 15) is 18.8 Å². The molecule has 8 heteroatoms. The first-order chi connectivity index (χ1) is 13.4. The van der Waals surface area contributed by atoms with Gasteiger partial charge in [-0.3, -0.25) is 4.79 Å². The SMILES string of the molecule is CCOC(=O)c1cc(OCC(=O)Nc2cccc(F)c2)cc(C(=O)OCC)c1. The maximum atomic E-state index is 13.2. The second-order valence-corrected chi connectivity index (χ2v) is 5.53. The van der Waals surface area contributed by atoms with Gasteiger partial charge in [0.25, 0.3) is 5.91 Å². The molecule has 2 aromatic carbocycles. The van der Waals surface area contributed by atoms with E-state index in [4.69, 9.17) is 14.2 Å². The minimum Gasteiger partial charge on any atom is -0.484 e. The third-order valence-electron chi connectivity index (χ3n) is 3.41. The molecule has 0 saturated heterocycles. The second kappa shape index (κ2) is 10.1. The van der Waals surface area contributed by atoms with E-state index in [1.54, 1.807) is 13.8 Å². The van der Waals surface area contributed by atoms with Gasteiger partial charge in [0, 0.05) is 5.69 Å². The van der Waals surface area contributed by atoms with Crippen molar-refractivity contribution in [3.05, 3.63) is 59.4 Å². The van der Waals surface area contributed by atoms with Crippen LogP contribution < -0.4 is 10.1 Å². The van der Waals surface area contributed by atoms with Gasteiger partial charge in [0.2, 0.25) is 0 Å². The number of hydrogen-bond acceptors (Lipinski definition) is 6. The molecule has 0 heterocycles. The van der Waals surface area contributed by atoms with Gasteiger partial charge in [-0.2, -0.15) is 0 Å². The van der Waals surface area contributed by atoms with Crippen LogP contribution in [-0.4, -0.2) is 37.7 Å². The summed E-state index contributed by atoms with van der Waals surface area (Å²) in [7, 11) is 0. The summed E-state index contributed by atoms with van der Waals surface area (Å²) < 4.78 is 28.4. The van der Waals surface area contributed by atoms with Gasteiger partial charge in [-0.1, -0.05) is 6.07 Å². The quantitative estimate of drug-likeness (QED) is 0.698. The van der Waals surface area contributed by atoms with E-state index < -0.39 is 30.3 Å². The van der Waals surface area contributed by atoms with Crippen molar-refractivity contribution < 1.29 is 33.0 Å². The minimum absolute atomic E-state index is 0.0907. The maximum Gasteiger partial charge on any atom is 0.338 e. The third kappa shape index (κ3) is 6.08. The van der Waals surface area contributed by atoms with Crippen molar-refractivity contribution >= 4 is 23.5 Å². The molecule has 1 amide bonds. The smallest absolute Gasteiger partial charge is 0.338 e. The monoisotopic (exact) mass is 389 g/mol. The lowest BCUT2D eigenvalue weighted by atomic mass is 10.1. The average molecular weight is 389 g/mol. The fourth-order valence-corrected chi connectivity index (χ4v) is 2.26. The molecule has 0 atom stereocenters. The van der Waals surface area contributed by atoms with Crippen LogP contribution >= 0.6 is 0 Å². The number of hydrogen-bond donors (Lipinski definition) is 1.